The van der Waals surface area contributed by atoms with Gasteiger partial charge in [-0.05, 0) is 0 Å². The minimum Gasteiger partial charge on any atom is -1.00 e. The van der Waals surface area contributed by atoms with Crippen LogP contribution in [0.3, 0.4) is 0 Å². The van der Waals surface area contributed by atoms with E-state index < -0.39 is 0 Å². The van der Waals surface area contributed by atoms with E-state index in [-0.39, 0.29) is 77.7 Å². The third kappa shape index (κ3) is 8.92. The van der Waals surface area contributed by atoms with Crippen molar-refractivity contribution in [3.05, 3.63) is 0 Å². The van der Waals surface area contributed by atoms with Gasteiger partial charge < -0.3 is 4.28 Å². The first kappa shape index (κ1) is 35.7. The SMILES string of the molecule is Cl.[B].[H-].[H-].[H-].[Mg+2].[Na+]. The molecular formula is H4BClMgNa. The Morgan fingerprint density at radius 3 is 1.25 bits per heavy atom. The normalized spacial score (nSPS) is 0. The van der Waals surface area contributed by atoms with Crippen molar-refractivity contribution in [3.8, 4) is 0 Å². The maximum absolute atomic E-state index is 0. The predicted molar refractivity (Wildman–Crippen MR) is 22.1 cm³/mol. The fourth-order valence-electron chi connectivity index (χ4n) is 0. The van der Waals surface area contributed by atoms with Gasteiger partial charge in [-0.2, -0.15) is 0 Å². The molecule has 0 atom stereocenters. The summed E-state index contributed by atoms with van der Waals surface area (Å²) in [4.78, 5) is 0. The summed E-state index contributed by atoms with van der Waals surface area (Å²) in [5, 5.41) is 0. The monoisotopic (exact) mass is 97.0 g/mol. The van der Waals surface area contributed by atoms with Gasteiger partial charge in [-0.15, -0.1) is 12.4 Å². The molecule has 0 aromatic heterocycles. The largest absolute Gasteiger partial charge is 2.00 e. The Morgan fingerprint density at radius 2 is 1.25 bits per heavy atom. The molecule has 0 heterocycles. The molecule has 0 N–H and O–H groups in total. The van der Waals surface area contributed by atoms with E-state index in [9.17, 15) is 0 Å². The van der Waals surface area contributed by atoms with Gasteiger partial charge in [0.05, 0.1) is 0 Å². The van der Waals surface area contributed by atoms with Crippen LogP contribution in [0.25, 0.3) is 0 Å². The van der Waals surface area contributed by atoms with Gasteiger partial charge in [0.15, 0.2) is 0 Å². The van der Waals surface area contributed by atoms with Crippen LogP contribution in [-0.4, -0.2) is 31.5 Å². The first-order chi connectivity index (χ1) is 0. The first-order valence-corrected chi connectivity index (χ1v) is 0. The molecule has 0 aromatic rings. The van der Waals surface area contributed by atoms with Crippen LogP contribution in [0.4, 0.5) is 0 Å². The van der Waals surface area contributed by atoms with Crippen molar-refractivity contribution >= 4 is 43.9 Å². The fourth-order valence-corrected chi connectivity index (χ4v) is 0. The van der Waals surface area contributed by atoms with Gasteiger partial charge in [0, 0.05) is 8.41 Å². The summed E-state index contributed by atoms with van der Waals surface area (Å²) in [7, 11) is 0. The van der Waals surface area contributed by atoms with Crippen LogP contribution in [0.2, 0.25) is 0 Å². The molecule has 4 heteroatoms. The van der Waals surface area contributed by atoms with Crippen molar-refractivity contribution < 1.29 is 33.8 Å². The van der Waals surface area contributed by atoms with Crippen molar-refractivity contribution in [1.82, 2.24) is 0 Å². The van der Waals surface area contributed by atoms with Crippen molar-refractivity contribution in [2.24, 2.45) is 0 Å². The van der Waals surface area contributed by atoms with Gasteiger partial charge in [-0.25, -0.2) is 0 Å². The van der Waals surface area contributed by atoms with Gasteiger partial charge >= 0.3 is 52.6 Å². The van der Waals surface area contributed by atoms with E-state index in [0.29, 0.717) is 0 Å². The molecule has 0 amide bonds. The van der Waals surface area contributed by atoms with E-state index in [1.165, 1.54) is 0 Å². The topological polar surface area (TPSA) is 0 Å². The average Bonchev–Trinajstić information content (AvgIpc) is 0. The summed E-state index contributed by atoms with van der Waals surface area (Å²) in [5.74, 6) is 0. The Morgan fingerprint density at radius 1 is 1.25 bits per heavy atom. The molecule has 0 unspecified atom stereocenters. The van der Waals surface area contributed by atoms with Crippen molar-refractivity contribution in [3.63, 3.8) is 0 Å². The summed E-state index contributed by atoms with van der Waals surface area (Å²) in [6.07, 6.45) is 0. The predicted octanol–water partition coefficient (Wildman–Crippen LogP) is -3.00. The second kappa shape index (κ2) is 19.3. The molecule has 0 rings (SSSR count). The average molecular weight is 97.6 g/mol. The van der Waals surface area contributed by atoms with Crippen LogP contribution >= 0.6 is 12.4 Å². The molecule has 0 aromatic carbocycles. The Hall–Kier alpha value is 2.12. The summed E-state index contributed by atoms with van der Waals surface area (Å²) >= 11 is 0. The molecule has 4 heavy (non-hydrogen) atoms. The second-order valence-electron chi connectivity index (χ2n) is 0. The molecular weight excluding hydrogens is 93.6 g/mol. The number of rotatable bonds is 0. The van der Waals surface area contributed by atoms with Gasteiger partial charge in [0.2, 0.25) is 0 Å². The minimum atomic E-state index is 0. The van der Waals surface area contributed by atoms with Gasteiger partial charge in [0.25, 0.3) is 0 Å². The van der Waals surface area contributed by atoms with Crippen molar-refractivity contribution in [2.45, 2.75) is 0 Å². The molecule has 0 bridgehead atoms. The minimum absolute atomic E-state index is 0. The van der Waals surface area contributed by atoms with Gasteiger partial charge in [-0.1, -0.05) is 0 Å². The second-order valence-corrected chi connectivity index (χ2v) is 0. The van der Waals surface area contributed by atoms with Gasteiger partial charge in [0.1, 0.15) is 0 Å². The van der Waals surface area contributed by atoms with E-state index >= 15 is 0 Å². The van der Waals surface area contributed by atoms with Crippen LogP contribution in [0.1, 0.15) is 4.28 Å². The maximum atomic E-state index is 0. The van der Waals surface area contributed by atoms with Crippen molar-refractivity contribution in [2.75, 3.05) is 0 Å². The van der Waals surface area contributed by atoms with Crippen LogP contribution in [0, 0.1) is 0 Å². The summed E-state index contributed by atoms with van der Waals surface area (Å²) in [5.41, 5.74) is 0. The Bertz CT molecular complexity index is 14.9. The zero-order valence-electron chi connectivity index (χ0n) is 5.69. The van der Waals surface area contributed by atoms with Crippen LogP contribution < -0.4 is 29.6 Å². The third-order valence-electron chi connectivity index (χ3n) is 0. The number of hydrogen-bond donors (Lipinski definition) is 0. The molecule has 0 aliphatic rings. The van der Waals surface area contributed by atoms with Crippen molar-refractivity contribution in [1.29, 1.82) is 0 Å². The Balaban J connectivity index is 0. The van der Waals surface area contributed by atoms with E-state index in [1.807, 2.05) is 0 Å². The van der Waals surface area contributed by atoms with E-state index in [1.54, 1.807) is 0 Å². The maximum Gasteiger partial charge on any atom is 2.00 e. The van der Waals surface area contributed by atoms with Gasteiger partial charge in [-0.3, -0.25) is 0 Å². The molecule has 0 saturated heterocycles. The third-order valence-corrected chi connectivity index (χ3v) is 0. The standard InChI is InChI=1S/B.ClH.Mg.Na.3H/h;1H;;;;;/q;;+2;+1;3*-1. The zero-order valence-corrected chi connectivity index (χ0v) is 6.92. The smallest absolute Gasteiger partial charge is 1.00 e. The quantitative estimate of drug-likeness (QED) is 0.283. The number of halogens is 1. The molecule has 0 aliphatic carbocycles. The van der Waals surface area contributed by atoms with Crippen LogP contribution in [0.15, 0.2) is 0 Å². The van der Waals surface area contributed by atoms with E-state index in [4.69, 9.17) is 0 Å². The molecule has 0 saturated carbocycles. The summed E-state index contributed by atoms with van der Waals surface area (Å²) < 4.78 is 0. The number of hydrogen-bond acceptors (Lipinski definition) is 0. The summed E-state index contributed by atoms with van der Waals surface area (Å²) in [6.45, 7) is 0. The molecule has 0 aliphatic heterocycles. The molecule has 0 spiro atoms. The molecule has 0 fully saturated rings. The molecule has 3 radical (unpaired) electrons. The first-order valence-electron chi connectivity index (χ1n) is 0. The molecule has 0 nitrogen and oxygen atoms in total. The molecule has 17 valence electrons. The zero-order chi connectivity index (χ0) is 0. The van der Waals surface area contributed by atoms with E-state index in [2.05, 4.69) is 0 Å². The Kier molecular flexibility index (Phi) is 172. The van der Waals surface area contributed by atoms with E-state index in [0.717, 1.165) is 0 Å². The summed E-state index contributed by atoms with van der Waals surface area (Å²) in [6, 6.07) is 0. The fraction of sp³-hybridized carbons (Fsp3) is 0. The van der Waals surface area contributed by atoms with Crippen LogP contribution in [0.5, 0.6) is 0 Å². The van der Waals surface area contributed by atoms with Crippen LogP contribution in [-0.2, 0) is 0 Å². The Labute approximate surface area is 77.0 Å².